The molecular weight excluding hydrogens is 347 g/mol. The molecule has 128 valence electrons. The smallest absolute Gasteiger partial charge is 0.262 e. The van der Waals surface area contributed by atoms with Gasteiger partial charge in [-0.1, -0.05) is 11.6 Å². The predicted octanol–water partition coefficient (Wildman–Crippen LogP) is 4.09. The summed E-state index contributed by atoms with van der Waals surface area (Å²) in [6.07, 6.45) is 3.26. The minimum atomic E-state index is -0.494. The van der Waals surface area contributed by atoms with Crippen LogP contribution in [0.5, 0.6) is 11.6 Å². The fourth-order valence-corrected chi connectivity index (χ4v) is 2.37. The van der Waals surface area contributed by atoms with Crippen LogP contribution in [-0.2, 0) is 0 Å². The highest BCUT2D eigenvalue weighted by Gasteiger charge is 2.19. The SMILES string of the molecule is COc1nc(-c2cc(Cl)ccc2F)nc(Nc2ccncc2)c1OC. The normalized spacial score (nSPS) is 10.4. The van der Waals surface area contributed by atoms with Crippen LogP contribution in [0.3, 0.4) is 0 Å². The van der Waals surface area contributed by atoms with Crippen molar-refractivity contribution in [1.82, 2.24) is 15.0 Å². The minimum absolute atomic E-state index is 0.120. The van der Waals surface area contributed by atoms with Gasteiger partial charge in [-0.3, -0.25) is 4.98 Å². The number of anilines is 2. The van der Waals surface area contributed by atoms with Gasteiger partial charge in [0.15, 0.2) is 11.6 Å². The molecule has 0 bridgehead atoms. The Bertz CT molecular complexity index is 893. The first kappa shape index (κ1) is 16.9. The molecule has 1 N–H and O–H groups in total. The van der Waals surface area contributed by atoms with E-state index in [1.54, 1.807) is 24.5 Å². The minimum Gasteiger partial charge on any atom is -0.489 e. The quantitative estimate of drug-likeness (QED) is 0.739. The summed E-state index contributed by atoms with van der Waals surface area (Å²) in [5.41, 5.74) is 0.887. The number of rotatable bonds is 5. The number of benzene rings is 1. The number of pyridine rings is 1. The number of hydrogen-bond donors (Lipinski definition) is 1. The molecule has 0 saturated heterocycles. The molecule has 2 heterocycles. The first-order chi connectivity index (χ1) is 12.1. The van der Waals surface area contributed by atoms with Crippen LogP contribution < -0.4 is 14.8 Å². The third-order valence-corrected chi connectivity index (χ3v) is 3.58. The summed E-state index contributed by atoms with van der Waals surface area (Å²) in [6.45, 7) is 0. The molecule has 6 nitrogen and oxygen atoms in total. The molecule has 0 unspecified atom stereocenters. The first-order valence-corrected chi connectivity index (χ1v) is 7.62. The van der Waals surface area contributed by atoms with Crippen molar-refractivity contribution in [2.75, 3.05) is 19.5 Å². The fourth-order valence-electron chi connectivity index (χ4n) is 2.20. The molecular formula is C17H14ClFN4O2. The van der Waals surface area contributed by atoms with E-state index in [-0.39, 0.29) is 17.3 Å². The lowest BCUT2D eigenvalue weighted by molar-refractivity contribution is 0.343. The van der Waals surface area contributed by atoms with Crippen LogP contribution in [0.25, 0.3) is 11.4 Å². The van der Waals surface area contributed by atoms with Gasteiger partial charge in [0.05, 0.1) is 19.8 Å². The first-order valence-electron chi connectivity index (χ1n) is 7.25. The molecule has 0 radical (unpaired) electrons. The van der Waals surface area contributed by atoms with E-state index < -0.39 is 5.82 Å². The number of halogens is 2. The van der Waals surface area contributed by atoms with Gasteiger partial charge >= 0.3 is 0 Å². The Morgan fingerprint density at radius 3 is 2.48 bits per heavy atom. The van der Waals surface area contributed by atoms with Gasteiger partial charge in [-0.25, -0.2) is 9.37 Å². The molecule has 0 amide bonds. The molecule has 8 heteroatoms. The van der Waals surface area contributed by atoms with Gasteiger partial charge in [-0.2, -0.15) is 4.98 Å². The van der Waals surface area contributed by atoms with Crippen molar-refractivity contribution in [2.24, 2.45) is 0 Å². The second kappa shape index (κ2) is 7.31. The van der Waals surface area contributed by atoms with Crippen molar-refractivity contribution in [3.63, 3.8) is 0 Å². The maximum atomic E-state index is 14.2. The third-order valence-electron chi connectivity index (χ3n) is 3.34. The van der Waals surface area contributed by atoms with E-state index >= 15 is 0 Å². The predicted molar refractivity (Wildman–Crippen MR) is 93.1 cm³/mol. The maximum Gasteiger partial charge on any atom is 0.262 e. The molecule has 0 aliphatic heterocycles. The van der Waals surface area contributed by atoms with Gasteiger partial charge in [0.2, 0.25) is 5.75 Å². The molecule has 2 aromatic heterocycles. The lowest BCUT2D eigenvalue weighted by Gasteiger charge is -2.14. The number of aromatic nitrogens is 3. The van der Waals surface area contributed by atoms with Crippen LogP contribution in [0.1, 0.15) is 0 Å². The number of ether oxygens (including phenoxy) is 2. The summed E-state index contributed by atoms with van der Waals surface area (Å²) in [5, 5.41) is 3.46. The second-order valence-electron chi connectivity index (χ2n) is 4.92. The Morgan fingerprint density at radius 2 is 1.80 bits per heavy atom. The molecule has 3 rings (SSSR count). The van der Waals surface area contributed by atoms with Crippen molar-refractivity contribution in [3.8, 4) is 23.0 Å². The van der Waals surface area contributed by atoms with Crippen LogP contribution in [0.15, 0.2) is 42.7 Å². The van der Waals surface area contributed by atoms with Gasteiger partial charge in [0, 0.05) is 23.1 Å². The van der Waals surface area contributed by atoms with Crippen molar-refractivity contribution in [2.45, 2.75) is 0 Å². The monoisotopic (exact) mass is 360 g/mol. The zero-order valence-electron chi connectivity index (χ0n) is 13.5. The lowest BCUT2D eigenvalue weighted by Crippen LogP contribution is -2.04. The molecule has 0 atom stereocenters. The summed E-state index contributed by atoms with van der Waals surface area (Å²) in [5.74, 6) is 0.421. The summed E-state index contributed by atoms with van der Waals surface area (Å²) >= 11 is 5.97. The van der Waals surface area contributed by atoms with Gasteiger partial charge < -0.3 is 14.8 Å². The summed E-state index contributed by atoms with van der Waals surface area (Å²) in [6, 6.07) is 7.68. The highest BCUT2D eigenvalue weighted by atomic mass is 35.5. The topological polar surface area (TPSA) is 69.2 Å². The number of nitrogens with one attached hydrogen (secondary N) is 1. The van der Waals surface area contributed by atoms with Gasteiger partial charge in [0.25, 0.3) is 5.88 Å². The van der Waals surface area contributed by atoms with Crippen molar-refractivity contribution < 1.29 is 13.9 Å². The van der Waals surface area contributed by atoms with Crippen LogP contribution in [0, 0.1) is 5.82 Å². The number of hydrogen-bond acceptors (Lipinski definition) is 6. The highest BCUT2D eigenvalue weighted by Crippen LogP contribution is 2.36. The Hall–Kier alpha value is -2.93. The van der Waals surface area contributed by atoms with E-state index in [1.165, 1.54) is 32.4 Å². The average molecular weight is 361 g/mol. The summed E-state index contributed by atoms with van der Waals surface area (Å²) in [7, 11) is 2.91. The van der Waals surface area contributed by atoms with Gasteiger partial charge in [-0.05, 0) is 30.3 Å². The zero-order chi connectivity index (χ0) is 17.8. The van der Waals surface area contributed by atoms with E-state index in [0.717, 1.165) is 5.69 Å². The third kappa shape index (κ3) is 3.61. The highest BCUT2D eigenvalue weighted by molar-refractivity contribution is 6.30. The largest absolute Gasteiger partial charge is 0.489 e. The Kier molecular flexibility index (Phi) is 4.95. The van der Waals surface area contributed by atoms with Crippen LogP contribution in [0.4, 0.5) is 15.9 Å². The molecule has 25 heavy (non-hydrogen) atoms. The van der Waals surface area contributed by atoms with E-state index in [1.807, 2.05) is 0 Å². The molecule has 0 saturated carbocycles. The van der Waals surface area contributed by atoms with E-state index in [9.17, 15) is 4.39 Å². The molecule has 0 fully saturated rings. The molecule has 0 aliphatic rings. The fraction of sp³-hybridized carbons (Fsp3) is 0.118. The van der Waals surface area contributed by atoms with Gasteiger partial charge in [0.1, 0.15) is 5.82 Å². The Labute approximate surface area is 148 Å². The van der Waals surface area contributed by atoms with E-state index in [2.05, 4.69) is 20.3 Å². The van der Waals surface area contributed by atoms with Crippen molar-refractivity contribution in [1.29, 1.82) is 0 Å². The average Bonchev–Trinajstić information content (AvgIpc) is 2.64. The standard InChI is InChI=1S/C17H14ClFN4O2/c1-24-14-16(21-11-5-7-20-8-6-11)22-15(23-17(14)25-2)12-9-10(18)3-4-13(12)19/h3-9H,1-2H3,(H,20,21,22,23). The maximum absolute atomic E-state index is 14.2. The molecule has 1 aromatic carbocycles. The second-order valence-corrected chi connectivity index (χ2v) is 5.36. The molecule has 0 spiro atoms. The summed E-state index contributed by atoms with van der Waals surface area (Å²) in [4.78, 5) is 12.6. The Morgan fingerprint density at radius 1 is 1.04 bits per heavy atom. The lowest BCUT2D eigenvalue weighted by atomic mass is 10.2. The van der Waals surface area contributed by atoms with Crippen LogP contribution in [-0.4, -0.2) is 29.2 Å². The summed E-state index contributed by atoms with van der Waals surface area (Å²) < 4.78 is 24.8. The van der Waals surface area contributed by atoms with E-state index in [0.29, 0.717) is 16.6 Å². The Balaban J connectivity index is 2.14. The number of nitrogens with zero attached hydrogens (tertiary/aromatic N) is 3. The number of methoxy groups -OCH3 is 2. The zero-order valence-corrected chi connectivity index (χ0v) is 14.2. The van der Waals surface area contributed by atoms with Crippen molar-refractivity contribution in [3.05, 3.63) is 53.6 Å². The van der Waals surface area contributed by atoms with Gasteiger partial charge in [-0.15, -0.1) is 0 Å². The van der Waals surface area contributed by atoms with E-state index in [4.69, 9.17) is 21.1 Å². The van der Waals surface area contributed by atoms with Crippen LogP contribution >= 0.6 is 11.6 Å². The molecule has 0 aliphatic carbocycles. The van der Waals surface area contributed by atoms with Crippen LogP contribution in [0.2, 0.25) is 5.02 Å². The van der Waals surface area contributed by atoms with Crippen molar-refractivity contribution >= 4 is 23.1 Å². The molecule has 3 aromatic rings.